The number of aromatic nitrogens is 5. The Labute approximate surface area is 99.5 Å². The van der Waals surface area contributed by atoms with Crippen molar-refractivity contribution in [3.05, 3.63) is 21.6 Å². The molecule has 0 spiro atoms. The Hall–Kier alpha value is -1.54. The molecule has 0 atom stereocenters. The number of carbonyl (C=O) groups excluding carboxylic acids is 1. The summed E-state index contributed by atoms with van der Waals surface area (Å²) in [6.07, 6.45) is 1.56. The van der Waals surface area contributed by atoms with Gasteiger partial charge in [0.2, 0.25) is 9.47 Å². The molecule has 16 heavy (non-hydrogen) atoms. The number of hydrogen-bond acceptors (Lipinski definition) is 6. The van der Waals surface area contributed by atoms with Crippen LogP contribution in [-0.2, 0) is 13.6 Å². The molecule has 2 rings (SSSR count). The molecule has 7 nitrogen and oxygen atoms in total. The largest absolute Gasteiger partial charge is 0.343 e. The number of aryl methyl sites for hydroxylation is 1. The predicted octanol–water partition coefficient (Wildman–Crippen LogP) is 0.250. The van der Waals surface area contributed by atoms with Gasteiger partial charge in [-0.05, 0) is 11.6 Å². The highest BCUT2D eigenvalue weighted by atomic mass is 35.5. The number of amides is 1. The molecule has 0 aliphatic carbocycles. The van der Waals surface area contributed by atoms with Gasteiger partial charge in [-0.3, -0.25) is 4.79 Å². The number of rotatable bonds is 3. The van der Waals surface area contributed by atoms with E-state index in [2.05, 4.69) is 25.7 Å². The van der Waals surface area contributed by atoms with Gasteiger partial charge < -0.3 is 9.88 Å². The normalized spacial score (nSPS) is 10.4. The zero-order valence-electron chi connectivity index (χ0n) is 8.21. The van der Waals surface area contributed by atoms with Gasteiger partial charge in [0.05, 0.1) is 6.54 Å². The van der Waals surface area contributed by atoms with E-state index in [0.29, 0.717) is 5.82 Å². The van der Waals surface area contributed by atoms with E-state index >= 15 is 0 Å². The lowest BCUT2D eigenvalue weighted by Crippen LogP contribution is -2.24. The van der Waals surface area contributed by atoms with Gasteiger partial charge >= 0.3 is 0 Å². The Morgan fingerprint density at radius 3 is 2.94 bits per heavy atom. The van der Waals surface area contributed by atoms with Crippen molar-refractivity contribution in [3.8, 4) is 0 Å². The molecule has 0 fully saturated rings. The second kappa shape index (κ2) is 4.54. The number of nitrogens with zero attached hydrogens (tertiary/aromatic N) is 5. The van der Waals surface area contributed by atoms with Gasteiger partial charge in [0, 0.05) is 7.05 Å². The van der Waals surface area contributed by atoms with Crippen molar-refractivity contribution in [2.75, 3.05) is 0 Å². The monoisotopic (exact) mass is 258 g/mol. The highest BCUT2D eigenvalue weighted by molar-refractivity contribution is 7.17. The van der Waals surface area contributed by atoms with Crippen molar-refractivity contribution < 1.29 is 4.79 Å². The van der Waals surface area contributed by atoms with Crippen molar-refractivity contribution in [3.63, 3.8) is 0 Å². The maximum absolute atomic E-state index is 11.5. The molecule has 2 aromatic rings. The van der Waals surface area contributed by atoms with Gasteiger partial charge in [-0.25, -0.2) is 0 Å². The zero-order chi connectivity index (χ0) is 11.5. The Morgan fingerprint density at radius 1 is 1.56 bits per heavy atom. The van der Waals surface area contributed by atoms with Gasteiger partial charge in [0.25, 0.3) is 5.91 Å². The van der Waals surface area contributed by atoms with Crippen molar-refractivity contribution in [1.29, 1.82) is 0 Å². The summed E-state index contributed by atoms with van der Waals surface area (Å²) in [4.78, 5) is 11.5. The number of nitrogens with one attached hydrogen (secondary N) is 1. The first-order valence-corrected chi connectivity index (χ1v) is 5.46. The molecular formula is C7H7ClN6OS. The molecule has 0 aromatic carbocycles. The van der Waals surface area contributed by atoms with Crippen LogP contribution in [0.3, 0.4) is 0 Å². The summed E-state index contributed by atoms with van der Waals surface area (Å²) in [5.41, 5.74) is 0. The Kier molecular flexibility index (Phi) is 3.11. The minimum Gasteiger partial charge on any atom is -0.343 e. The number of carbonyl (C=O) groups is 1. The smallest absolute Gasteiger partial charge is 0.282 e. The van der Waals surface area contributed by atoms with E-state index in [4.69, 9.17) is 11.6 Å². The molecule has 1 amide bonds. The summed E-state index contributed by atoms with van der Waals surface area (Å²) in [6, 6.07) is 0. The standard InChI is InChI=1S/C7H7ClN6OS/c1-14-3-10-11-4(14)2-9-5(15)6-12-13-7(8)16-6/h3H,2H2,1H3,(H,9,15). The first-order valence-electron chi connectivity index (χ1n) is 4.27. The molecule has 2 heterocycles. The van der Waals surface area contributed by atoms with Gasteiger partial charge in [-0.15, -0.1) is 20.4 Å². The molecule has 9 heteroatoms. The van der Waals surface area contributed by atoms with E-state index in [1.807, 2.05) is 0 Å². The van der Waals surface area contributed by atoms with Crippen LogP contribution in [0.2, 0.25) is 4.47 Å². The third-order valence-corrected chi connectivity index (χ3v) is 2.82. The maximum Gasteiger partial charge on any atom is 0.282 e. The third-order valence-electron chi connectivity index (χ3n) is 1.81. The lowest BCUT2D eigenvalue weighted by atomic mass is 10.5. The summed E-state index contributed by atoms with van der Waals surface area (Å²) in [7, 11) is 1.79. The molecule has 0 aliphatic heterocycles. The Balaban J connectivity index is 1.96. The molecule has 0 aliphatic rings. The van der Waals surface area contributed by atoms with Crippen LogP contribution >= 0.6 is 22.9 Å². The van der Waals surface area contributed by atoms with E-state index in [-0.39, 0.29) is 21.9 Å². The van der Waals surface area contributed by atoms with Gasteiger partial charge in [0.1, 0.15) is 6.33 Å². The maximum atomic E-state index is 11.5. The van der Waals surface area contributed by atoms with Gasteiger partial charge in [0.15, 0.2) is 5.82 Å². The van der Waals surface area contributed by atoms with Crippen LogP contribution in [0.25, 0.3) is 0 Å². The Morgan fingerprint density at radius 2 is 2.38 bits per heavy atom. The molecule has 2 aromatic heterocycles. The van der Waals surface area contributed by atoms with E-state index in [1.54, 1.807) is 17.9 Å². The van der Waals surface area contributed by atoms with Crippen LogP contribution in [0, 0.1) is 0 Å². The highest BCUT2D eigenvalue weighted by Gasteiger charge is 2.12. The molecule has 0 radical (unpaired) electrons. The fourth-order valence-electron chi connectivity index (χ4n) is 0.999. The summed E-state index contributed by atoms with van der Waals surface area (Å²) in [6.45, 7) is 0.284. The van der Waals surface area contributed by atoms with Crippen LogP contribution in [0.5, 0.6) is 0 Å². The summed E-state index contributed by atoms with van der Waals surface area (Å²) in [5, 5.41) is 17.5. The van der Waals surface area contributed by atoms with Crippen molar-refractivity contribution >= 4 is 28.8 Å². The molecule has 0 saturated carbocycles. The average Bonchev–Trinajstić information content (AvgIpc) is 2.84. The van der Waals surface area contributed by atoms with E-state index in [0.717, 1.165) is 11.3 Å². The van der Waals surface area contributed by atoms with E-state index in [9.17, 15) is 4.79 Å². The predicted molar refractivity (Wildman–Crippen MR) is 57.1 cm³/mol. The van der Waals surface area contributed by atoms with Crippen LogP contribution in [0.4, 0.5) is 0 Å². The van der Waals surface area contributed by atoms with Gasteiger partial charge in [-0.1, -0.05) is 11.3 Å². The fraction of sp³-hybridized carbons (Fsp3) is 0.286. The first kappa shape index (κ1) is 11.0. The average molecular weight is 259 g/mol. The minimum atomic E-state index is -0.326. The zero-order valence-corrected chi connectivity index (χ0v) is 9.79. The van der Waals surface area contributed by atoms with Crippen LogP contribution in [0.15, 0.2) is 6.33 Å². The van der Waals surface area contributed by atoms with Crippen LogP contribution in [-0.4, -0.2) is 30.9 Å². The Bertz CT molecular complexity index is 508. The lowest BCUT2D eigenvalue weighted by molar-refractivity contribution is 0.0948. The second-order valence-electron chi connectivity index (χ2n) is 2.90. The fourth-order valence-corrected chi connectivity index (χ4v) is 1.74. The molecule has 0 saturated heterocycles. The highest BCUT2D eigenvalue weighted by Crippen LogP contribution is 2.14. The molecule has 84 valence electrons. The summed E-state index contributed by atoms with van der Waals surface area (Å²) in [5.74, 6) is 0.330. The van der Waals surface area contributed by atoms with Gasteiger partial charge in [-0.2, -0.15) is 0 Å². The topological polar surface area (TPSA) is 85.6 Å². The van der Waals surface area contributed by atoms with Crippen LogP contribution < -0.4 is 5.32 Å². The lowest BCUT2D eigenvalue weighted by Gasteiger charge is -2.01. The number of hydrogen-bond donors (Lipinski definition) is 1. The first-order chi connectivity index (χ1) is 7.66. The van der Waals surface area contributed by atoms with Crippen molar-refractivity contribution in [1.82, 2.24) is 30.3 Å². The summed E-state index contributed by atoms with van der Waals surface area (Å²) < 4.78 is 1.96. The molecule has 0 bridgehead atoms. The van der Waals surface area contributed by atoms with Crippen molar-refractivity contribution in [2.45, 2.75) is 6.54 Å². The van der Waals surface area contributed by atoms with Crippen LogP contribution in [0.1, 0.15) is 15.6 Å². The van der Waals surface area contributed by atoms with Crippen molar-refractivity contribution in [2.24, 2.45) is 7.05 Å². The summed E-state index contributed by atoms with van der Waals surface area (Å²) >= 11 is 6.59. The van der Waals surface area contributed by atoms with E-state index in [1.165, 1.54) is 0 Å². The SMILES string of the molecule is Cn1cnnc1CNC(=O)c1nnc(Cl)s1. The molecule has 0 unspecified atom stereocenters. The minimum absolute atomic E-state index is 0.229. The quantitative estimate of drug-likeness (QED) is 0.853. The third kappa shape index (κ3) is 2.34. The molecular weight excluding hydrogens is 252 g/mol. The number of halogens is 1. The molecule has 1 N–H and O–H groups in total. The van der Waals surface area contributed by atoms with E-state index < -0.39 is 0 Å². The second-order valence-corrected chi connectivity index (χ2v) is 4.46.